The highest BCUT2D eigenvalue weighted by Crippen LogP contribution is 2.26. The van der Waals surface area contributed by atoms with Crippen molar-refractivity contribution in [1.82, 2.24) is 25.0 Å². The fraction of sp³-hybridized carbons (Fsp3) is 0.480. The lowest BCUT2D eigenvalue weighted by Crippen LogP contribution is -2.53. The van der Waals surface area contributed by atoms with Crippen LogP contribution in [-0.2, 0) is 6.54 Å². The van der Waals surface area contributed by atoms with Crippen LogP contribution in [0.25, 0.3) is 0 Å². The first-order valence-corrected chi connectivity index (χ1v) is 11.9. The molecule has 2 aliphatic heterocycles. The summed E-state index contributed by atoms with van der Waals surface area (Å²) in [5.74, 6) is 1.92. The van der Waals surface area contributed by atoms with Gasteiger partial charge in [0.25, 0.3) is 5.91 Å². The molecule has 10 nitrogen and oxygen atoms in total. The van der Waals surface area contributed by atoms with Gasteiger partial charge in [-0.15, -0.1) is 0 Å². The number of rotatable bonds is 6. The summed E-state index contributed by atoms with van der Waals surface area (Å²) in [4.78, 5) is 38.6. The molecule has 188 valence electrons. The molecule has 0 bridgehead atoms. The zero-order valence-electron chi connectivity index (χ0n) is 20.7. The lowest BCUT2D eigenvalue weighted by molar-refractivity contribution is 0.0661. The predicted octanol–water partition coefficient (Wildman–Crippen LogP) is 1.52. The van der Waals surface area contributed by atoms with Gasteiger partial charge in [-0.25, -0.2) is 9.78 Å². The van der Waals surface area contributed by atoms with Gasteiger partial charge in [-0.05, 0) is 25.2 Å². The molecule has 3 amide bonds. The number of likely N-dealkylation sites (N-methyl/N-ethyl adjacent to an activating group) is 1. The number of anilines is 1. The number of carbonyl (C=O) groups excluding carboxylic acids is 2. The van der Waals surface area contributed by atoms with E-state index in [-0.39, 0.29) is 11.9 Å². The Morgan fingerprint density at radius 2 is 1.66 bits per heavy atom. The van der Waals surface area contributed by atoms with E-state index < -0.39 is 0 Å². The first-order chi connectivity index (χ1) is 17.0. The van der Waals surface area contributed by atoms with Crippen molar-refractivity contribution in [2.24, 2.45) is 0 Å². The van der Waals surface area contributed by atoms with Gasteiger partial charge in [0.1, 0.15) is 17.3 Å². The highest BCUT2D eigenvalue weighted by molar-refractivity contribution is 5.97. The smallest absolute Gasteiger partial charge is 0.317 e. The predicted molar refractivity (Wildman–Crippen MR) is 133 cm³/mol. The van der Waals surface area contributed by atoms with Gasteiger partial charge < -0.3 is 34.4 Å². The van der Waals surface area contributed by atoms with E-state index in [9.17, 15) is 9.59 Å². The Labute approximate surface area is 206 Å². The molecule has 2 saturated heterocycles. The Hall–Kier alpha value is -3.53. The van der Waals surface area contributed by atoms with E-state index in [0.29, 0.717) is 49.8 Å². The Bertz CT molecular complexity index is 1030. The Balaban J connectivity index is 1.31. The first kappa shape index (κ1) is 24.6. The minimum atomic E-state index is -0.132. The molecule has 10 heteroatoms. The SMILES string of the molecule is COc1ccc(C(=O)N2CCN(C(=O)NCc3cccnc3N3CCN(C)CC3)CC2)c(OC)c1. The van der Waals surface area contributed by atoms with Crippen molar-refractivity contribution in [2.75, 3.05) is 78.5 Å². The topological polar surface area (TPSA) is 90.5 Å². The summed E-state index contributed by atoms with van der Waals surface area (Å²) in [5.41, 5.74) is 1.49. The maximum atomic E-state index is 13.0. The van der Waals surface area contributed by atoms with Gasteiger partial charge in [-0.3, -0.25) is 4.79 Å². The number of piperazine rings is 2. The summed E-state index contributed by atoms with van der Waals surface area (Å²) < 4.78 is 10.6. The standard InChI is InChI=1S/C25H34N6O4/c1-28-9-11-29(12-10-28)23-19(5-4-8-26-23)18-27-25(33)31-15-13-30(14-16-31)24(32)21-7-6-20(34-2)17-22(21)35-3/h4-8,17H,9-16,18H2,1-3H3,(H,27,33). The molecule has 0 aliphatic carbocycles. The second-order valence-corrected chi connectivity index (χ2v) is 8.78. The Kier molecular flexibility index (Phi) is 7.91. The number of amides is 3. The second-order valence-electron chi connectivity index (χ2n) is 8.78. The number of nitrogens with zero attached hydrogens (tertiary/aromatic N) is 5. The zero-order chi connectivity index (χ0) is 24.8. The number of ether oxygens (including phenoxy) is 2. The van der Waals surface area contributed by atoms with Gasteiger partial charge in [-0.2, -0.15) is 0 Å². The molecular weight excluding hydrogens is 448 g/mol. The number of methoxy groups -OCH3 is 2. The average molecular weight is 483 g/mol. The van der Waals surface area contributed by atoms with Gasteiger partial charge >= 0.3 is 6.03 Å². The monoisotopic (exact) mass is 482 g/mol. The molecule has 1 aromatic carbocycles. The van der Waals surface area contributed by atoms with Gasteiger partial charge in [0.05, 0.1) is 19.8 Å². The van der Waals surface area contributed by atoms with Crippen LogP contribution in [0.1, 0.15) is 15.9 Å². The van der Waals surface area contributed by atoms with Crippen LogP contribution in [0.15, 0.2) is 36.5 Å². The van der Waals surface area contributed by atoms with E-state index in [1.54, 1.807) is 41.3 Å². The first-order valence-electron chi connectivity index (χ1n) is 11.9. The number of nitrogens with one attached hydrogen (secondary N) is 1. The van der Waals surface area contributed by atoms with Crippen LogP contribution < -0.4 is 19.7 Å². The molecule has 2 aliphatic rings. The molecule has 0 spiro atoms. The van der Waals surface area contributed by atoms with Gasteiger partial charge in [0, 0.05) is 76.7 Å². The molecule has 0 atom stereocenters. The van der Waals surface area contributed by atoms with Crippen molar-refractivity contribution in [3.8, 4) is 11.5 Å². The molecule has 4 rings (SSSR count). The van der Waals surface area contributed by atoms with Crippen molar-refractivity contribution in [2.45, 2.75) is 6.54 Å². The second kappa shape index (κ2) is 11.3. The number of pyridine rings is 1. The molecule has 2 fully saturated rings. The third-order valence-corrected chi connectivity index (χ3v) is 6.59. The van der Waals surface area contributed by atoms with E-state index in [2.05, 4.69) is 27.1 Å². The lowest BCUT2D eigenvalue weighted by Gasteiger charge is -2.35. The summed E-state index contributed by atoms with van der Waals surface area (Å²) in [7, 11) is 5.23. The highest BCUT2D eigenvalue weighted by Gasteiger charge is 2.27. The summed E-state index contributed by atoms with van der Waals surface area (Å²) in [6.07, 6.45) is 1.80. The number of aromatic nitrogens is 1. The molecule has 3 heterocycles. The number of urea groups is 1. The molecule has 0 radical (unpaired) electrons. The third kappa shape index (κ3) is 5.76. The maximum Gasteiger partial charge on any atom is 0.317 e. The third-order valence-electron chi connectivity index (χ3n) is 6.59. The van der Waals surface area contributed by atoms with Gasteiger partial charge in [0.15, 0.2) is 0 Å². The summed E-state index contributed by atoms with van der Waals surface area (Å²) >= 11 is 0. The number of carbonyl (C=O) groups is 2. The normalized spacial score (nSPS) is 16.7. The van der Waals surface area contributed by atoms with Gasteiger partial charge in [0.2, 0.25) is 0 Å². The van der Waals surface area contributed by atoms with Crippen LogP contribution in [0.4, 0.5) is 10.6 Å². The van der Waals surface area contributed by atoms with Crippen LogP contribution in [0.2, 0.25) is 0 Å². The van der Waals surface area contributed by atoms with Crippen LogP contribution in [0.5, 0.6) is 11.5 Å². The van der Waals surface area contributed by atoms with E-state index in [0.717, 1.165) is 37.6 Å². The Morgan fingerprint density at radius 1 is 0.943 bits per heavy atom. The number of hydrogen-bond acceptors (Lipinski definition) is 7. The van der Waals surface area contributed by atoms with Crippen molar-refractivity contribution < 1.29 is 19.1 Å². The van der Waals surface area contributed by atoms with Crippen LogP contribution >= 0.6 is 0 Å². The minimum Gasteiger partial charge on any atom is -0.497 e. The highest BCUT2D eigenvalue weighted by atomic mass is 16.5. The zero-order valence-corrected chi connectivity index (χ0v) is 20.7. The fourth-order valence-electron chi connectivity index (χ4n) is 4.41. The number of hydrogen-bond donors (Lipinski definition) is 1. The summed E-state index contributed by atoms with van der Waals surface area (Å²) in [6.45, 7) is 6.09. The Morgan fingerprint density at radius 3 is 2.34 bits per heavy atom. The van der Waals surface area contributed by atoms with Crippen molar-refractivity contribution in [3.05, 3.63) is 47.7 Å². The molecule has 35 heavy (non-hydrogen) atoms. The molecule has 0 saturated carbocycles. The van der Waals surface area contributed by atoms with E-state index in [4.69, 9.17) is 9.47 Å². The van der Waals surface area contributed by atoms with Gasteiger partial charge in [-0.1, -0.05) is 6.07 Å². The largest absolute Gasteiger partial charge is 0.497 e. The van der Waals surface area contributed by atoms with E-state index in [1.807, 2.05) is 12.1 Å². The van der Waals surface area contributed by atoms with Crippen LogP contribution in [0, 0.1) is 0 Å². The molecular formula is C25H34N6O4. The molecule has 2 aromatic rings. The average Bonchev–Trinajstić information content (AvgIpc) is 2.91. The van der Waals surface area contributed by atoms with Crippen molar-refractivity contribution in [1.29, 1.82) is 0 Å². The van der Waals surface area contributed by atoms with Crippen LogP contribution in [-0.4, -0.2) is 105 Å². The number of benzene rings is 1. The molecule has 0 unspecified atom stereocenters. The fourth-order valence-corrected chi connectivity index (χ4v) is 4.41. The quantitative estimate of drug-likeness (QED) is 0.668. The van der Waals surface area contributed by atoms with E-state index in [1.165, 1.54) is 7.11 Å². The maximum absolute atomic E-state index is 13.0. The van der Waals surface area contributed by atoms with E-state index >= 15 is 0 Å². The molecule has 1 aromatic heterocycles. The minimum absolute atomic E-state index is 0.114. The lowest BCUT2D eigenvalue weighted by atomic mass is 10.1. The van der Waals surface area contributed by atoms with Crippen molar-refractivity contribution in [3.63, 3.8) is 0 Å². The summed E-state index contributed by atoms with van der Waals surface area (Å²) in [5, 5.41) is 3.04. The summed E-state index contributed by atoms with van der Waals surface area (Å²) in [6, 6.07) is 8.94. The van der Waals surface area contributed by atoms with Crippen molar-refractivity contribution >= 4 is 17.8 Å². The van der Waals surface area contributed by atoms with Crippen LogP contribution in [0.3, 0.4) is 0 Å². The molecule has 1 N–H and O–H groups in total.